The van der Waals surface area contributed by atoms with Gasteiger partial charge in [0.2, 0.25) is 0 Å². The first-order valence-corrected chi connectivity index (χ1v) is 8.68. The van der Waals surface area contributed by atoms with Gasteiger partial charge in [0.05, 0.1) is 19.1 Å². The molecule has 0 aromatic heterocycles. The van der Waals surface area contributed by atoms with E-state index >= 15 is 0 Å². The zero-order chi connectivity index (χ0) is 21.4. The van der Waals surface area contributed by atoms with E-state index in [0.29, 0.717) is 11.3 Å². The molecule has 7 nitrogen and oxygen atoms in total. The molecule has 1 atom stereocenters. The number of anilines is 1. The Morgan fingerprint density at radius 1 is 1.07 bits per heavy atom. The standard InChI is InChI=1S/C20H20F2N2O5/c1-12(19(26)24-13-7-8-15(21)16(22)11-13)29-18(25)9-10-23-20(27)14-5-3-4-6-17(14)28-2/h3-8,11-12H,9-10H2,1-2H3,(H,23,27)(H,24,26)/t12-/m0/s1. The molecule has 0 spiro atoms. The molecular weight excluding hydrogens is 386 g/mol. The number of hydrogen-bond donors (Lipinski definition) is 2. The van der Waals surface area contributed by atoms with Crippen LogP contribution in [0, 0.1) is 11.6 Å². The molecule has 154 valence electrons. The lowest BCUT2D eigenvalue weighted by Gasteiger charge is -2.14. The maximum absolute atomic E-state index is 13.2. The van der Waals surface area contributed by atoms with Crippen LogP contribution in [-0.2, 0) is 14.3 Å². The fraction of sp³-hybridized carbons (Fsp3) is 0.250. The van der Waals surface area contributed by atoms with Gasteiger partial charge in [-0.1, -0.05) is 12.1 Å². The van der Waals surface area contributed by atoms with Crippen LogP contribution >= 0.6 is 0 Å². The molecule has 0 radical (unpaired) electrons. The first-order chi connectivity index (χ1) is 13.8. The number of nitrogens with one attached hydrogen (secondary N) is 2. The van der Waals surface area contributed by atoms with Gasteiger partial charge < -0.3 is 20.1 Å². The number of methoxy groups -OCH3 is 1. The Morgan fingerprint density at radius 2 is 1.79 bits per heavy atom. The molecule has 0 fully saturated rings. The maximum atomic E-state index is 13.2. The third-order valence-corrected chi connectivity index (χ3v) is 3.83. The molecule has 9 heteroatoms. The summed E-state index contributed by atoms with van der Waals surface area (Å²) in [6, 6.07) is 9.48. The van der Waals surface area contributed by atoms with Gasteiger partial charge in [0.15, 0.2) is 17.7 Å². The van der Waals surface area contributed by atoms with Crippen LogP contribution in [0.25, 0.3) is 0 Å². The second-order valence-electron chi connectivity index (χ2n) is 5.96. The summed E-state index contributed by atoms with van der Waals surface area (Å²) in [5, 5.41) is 4.88. The minimum Gasteiger partial charge on any atom is -0.496 e. The van der Waals surface area contributed by atoms with Gasteiger partial charge in [0.25, 0.3) is 11.8 Å². The van der Waals surface area contributed by atoms with Crippen molar-refractivity contribution in [2.75, 3.05) is 19.0 Å². The third kappa shape index (κ3) is 6.27. The largest absolute Gasteiger partial charge is 0.496 e. The molecule has 29 heavy (non-hydrogen) atoms. The van der Waals surface area contributed by atoms with E-state index in [2.05, 4.69) is 10.6 Å². The smallest absolute Gasteiger partial charge is 0.308 e. The molecule has 0 aliphatic heterocycles. The van der Waals surface area contributed by atoms with Crippen LogP contribution in [0.1, 0.15) is 23.7 Å². The maximum Gasteiger partial charge on any atom is 0.308 e. The van der Waals surface area contributed by atoms with E-state index in [-0.39, 0.29) is 18.7 Å². The number of benzene rings is 2. The number of para-hydroxylation sites is 1. The van der Waals surface area contributed by atoms with Gasteiger partial charge >= 0.3 is 5.97 Å². The molecular formula is C20H20F2N2O5. The van der Waals surface area contributed by atoms with Crippen LogP contribution in [0.5, 0.6) is 5.75 Å². The van der Waals surface area contributed by atoms with E-state index < -0.39 is 35.5 Å². The first-order valence-electron chi connectivity index (χ1n) is 8.68. The number of carbonyl (C=O) groups excluding carboxylic acids is 3. The topological polar surface area (TPSA) is 93.7 Å². The van der Waals surface area contributed by atoms with E-state index in [1.807, 2.05) is 0 Å². The second kappa shape index (κ2) is 10.2. The van der Waals surface area contributed by atoms with Crippen molar-refractivity contribution in [1.82, 2.24) is 5.32 Å². The monoisotopic (exact) mass is 406 g/mol. The molecule has 0 saturated heterocycles. The predicted octanol–water partition coefficient (Wildman–Crippen LogP) is 2.66. The van der Waals surface area contributed by atoms with Gasteiger partial charge in [-0.25, -0.2) is 8.78 Å². The van der Waals surface area contributed by atoms with Gasteiger partial charge in [-0.15, -0.1) is 0 Å². The Bertz CT molecular complexity index is 904. The summed E-state index contributed by atoms with van der Waals surface area (Å²) >= 11 is 0. The summed E-state index contributed by atoms with van der Waals surface area (Å²) in [6.45, 7) is 1.33. The lowest BCUT2D eigenvalue weighted by molar-refractivity contribution is -0.153. The zero-order valence-electron chi connectivity index (χ0n) is 15.8. The normalized spacial score (nSPS) is 11.3. The van der Waals surface area contributed by atoms with Crippen LogP contribution in [0.15, 0.2) is 42.5 Å². The number of amides is 2. The van der Waals surface area contributed by atoms with Crippen molar-refractivity contribution in [3.8, 4) is 5.75 Å². The number of rotatable bonds is 8. The molecule has 0 saturated carbocycles. The lowest BCUT2D eigenvalue weighted by Crippen LogP contribution is -2.32. The number of ether oxygens (including phenoxy) is 2. The molecule has 0 unspecified atom stereocenters. The quantitative estimate of drug-likeness (QED) is 0.658. The van der Waals surface area contributed by atoms with Crippen LogP contribution in [0.4, 0.5) is 14.5 Å². The van der Waals surface area contributed by atoms with Crippen molar-refractivity contribution >= 4 is 23.5 Å². The Labute approximate surface area is 166 Å². The predicted molar refractivity (Wildman–Crippen MR) is 100 cm³/mol. The van der Waals surface area contributed by atoms with Gasteiger partial charge in [-0.2, -0.15) is 0 Å². The van der Waals surface area contributed by atoms with Crippen LogP contribution < -0.4 is 15.4 Å². The molecule has 2 N–H and O–H groups in total. The molecule has 2 aromatic rings. The highest BCUT2D eigenvalue weighted by Crippen LogP contribution is 2.17. The molecule has 0 aliphatic carbocycles. The fourth-order valence-corrected chi connectivity index (χ4v) is 2.33. The molecule has 2 aromatic carbocycles. The Morgan fingerprint density at radius 3 is 2.48 bits per heavy atom. The van der Waals surface area contributed by atoms with Crippen molar-refractivity contribution in [2.45, 2.75) is 19.4 Å². The van der Waals surface area contributed by atoms with Gasteiger partial charge in [-0.3, -0.25) is 14.4 Å². The Balaban J connectivity index is 1.78. The number of carbonyl (C=O) groups is 3. The molecule has 0 heterocycles. The van der Waals surface area contributed by atoms with E-state index in [4.69, 9.17) is 9.47 Å². The van der Waals surface area contributed by atoms with E-state index in [1.165, 1.54) is 20.1 Å². The van der Waals surface area contributed by atoms with Crippen LogP contribution in [0.2, 0.25) is 0 Å². The second-order valence-corrected chi connectivity index (χ2v) is 5.96. The average molecular weight is 406 g/mol. The van der Waals surface area contributed by atoms with Gasteiger partial charge in [-0.05, 0) is 31.2 Å². The summed E-state index contributed by atoms with van der Waals surface area (Å²) in [4.78, 5) is 36.0. The summed E-state index contributed by atoms with van der Waals surface area (Å²) in [6.07, 6.45) is -1.33. The highest BCUT2D eigenvalue weighted by atomic mass is 19.2. The SMILES string of the molecule is COc1ccccc1C(=O)NCCC(=O)O[C@@H](C)C(=O)Nc1ccc(F)c(F)c1. The molecule has 0 bridgehead atoms. The highest BCUT2D eigenvalue weighted by Gasteiger charge is 2.19. The number of esters is 1. The zero-order valence-corrected chi connectivity index (χ0v) is 15.8. The fourth-order valence-electron chi connectivity index (χ4n) is 2.33. The highest BCUT2D eigenvalue weighted by molar-refractivity contribution is 5.97. The van der Waals surface area contributed by atoms with Crippen molar-refractivity contribution < 1.29 is 32.6 Å². The summed E-state index contributed by atoms with van der Waals surface area (Å²) in [7, 11) is 1.44. The van der Waals surface area contributed by atoms with E-state index in [0.717, 1.165) is 12.1 Å². The van der Waals surface area contributed by atoms with Gasteiger partial charge in [0, 0.05) is 18.3 Å². The van der Waals surface area contributed by atoms with Crippen LogP contribution in [0.3, 0.4) is 0 Å². The van der Waals surface area contributed by atoms with Crippen molar-refractivity contribution in [3.05, 3.63) is 59.7 Å². The van der Waals surface area contributed by atoms with Crippen molar-refractivity contribution in [3.63, 3.8) is 0 Å². The third-order valence-electron chi connectivity index (χ3n) is 3.83. The minimum atomic E-state index is -1.17. The summed E-state index contributed by atoms with van der Waals surface area (Å²) in [5.41, 5.74) is 0.350. The number of halogens is 2. The number of hydrogen-bond acceptors (Lipinski definition) is 5. The van der Waals surface area contributed by atoms with E-state index in [1.54, 1.807) is 24.3 Å². The molecule has 2 rings (SSSR count). The molecule has 0 aliphatic rings. The first kappa shape index (κ1) is 21.8. The van der Waals surface area contributed by atoms with Crippen molar-refractivity contribution in [1.29, 1.82) is 0 Å². The summed E-state index contributed by atoms with van der Waals surface area (Å²) in [5.74, 6) is -3.59. The molecule has 2 amide bonds. The Kier molecular flexibility index (Phi) is 7.64. The van der Waals surface area contributed by atoms with Crippen LogP contribution in [-0.4, -0.2) is 37.5 Å². The Hall–Kier alpha value is -3.49. The lowest BCUT2D eigenvalue weighted by atomic mass is 10.2. The minimum absolute atomic E-state index is 0.00672. The van der Waals surface area contributed by atoms with Crippen molar-refractivity contribution in [2.24, 2.45) is 0 Å². The average Bonchev–Trinajstić information content (AvgIpc) is 2.70. The van der Waals surface area contributed by atoms with E-state index in [9.17, 15) is 23.2 Å². The van der Waals surface area contributed by atoms with Gasteiger partial charge in [0.1, 0.15) is 5.75 Å². The summed E-state index contributed by atoms with van der Waals surface area (Å²) < 4.78 is 36.1.